The lowest BCUT2D eigenvalue weighted by molar-refractivity contribution is -0.0434. The first-order chi connectivity index (χ1) is 4.48. The molecule has 0 aliphatic rings. The first kappa shape index (κ1) is 9.93. The average molecular weight is 173 g/mol. The molecule has 62 valence electrons. The van der Waals surface area contributed by atoms with Gasteiger partial charge in [-0.1, -0.05) is 0 Å². The van der Waals surface area contributed by atoms with Crippen LogP contribution < -0.4 is 4.72 Å². The van der Waals surface area contributed by atoms with E-state index >= 15 is 0 Å². The van der Waals surface area contributed by atoms with Crippen LogP contribution in [0.5, 0.6) is 0 Å². The van der Waals surface area contributed by atoms with Crippen molar-refractivity contribution in [2.24, 2.45) is 0 Å². The Balaban J connectivity index is 3.56. The van der Waals surface area contributed by atoms with Crippen LogP contribution in [-0.2, 0) is 11.0 Å². The molecule has 1 atom stereocenters. The van der Waals surface area contributed by atoms with Crippen LogP contribution in [0.2, 0.25) is 0 Å². The van der Waals surface area contributed by atoms with Gasteiger partial charge in [-0.25, -0.2) is 17.7 Å². The lowest BCUT2D eigenvalue weighted by Crippen LogP contribution is -2.36. The molecule has 0 radical (unpaired) electrons. The zero-order chi connectivity index (χ0) is 8.20. The van der Waals surface area contributed by atoms with Crippen LogP contribution >= 0.6 is 0 Å². The van der Waals surface area contributed by atoms with Crippen LogP contribution in [0.3, 0.4) is 0 Å². The fourth-order valence-corrected chi connectivity index (χ4v) is 0.678. The number of nitrogens with one attached hydrogen (secondary N) is 1. The Hall–Kier alpha value is -0.0700. The van der Waals surface area contributed by atoms with E-state index in [0.717, 1.165) is 0 Å². The van der Waals surface area contributed by atoms with Crippen molar-refractivity contribution in [3.63, 3.8) is 0 Å². The summed E-state index contributed by atoms with van der Waals surface area (Å²) in [6.45, 7) is -1.98. The third-order valence-electron chi connectivity index (χ3n) is 0.765. The Kier molecular flexibility index (Phi) is 3.92. The quantitative estimate of drug-likeness (QED) is 0.602. The molecular weight excluding hydrogens is 164 g/mol. The van der Waals surface area contributed by atoms with E-state index in [0.29, 0.717) is 0 Å². The highest BCUT2D eigenvalue weighted by Crippen LogP contribution is 2.09. The highest BCUT2D eigenvalue weighted by atomic mass is 32.2. The third kappa shape index (κ3) is 4.78. The van der Waals surface area contributed by atoms with E-state index in [9.17, 15) is 13.0 Å². The normalized spacial score (nSPS) is 15.2. The predicted octanol–water partition coefficient (Wildman–Crippen LogP) is -0.503. The fourth-order valence-electron chi connectivity index (χ4n) is 0.263. The molecule has 0 aromatic heterocycles. The summed E-state index contributed by atoms with van der Waals surface area (Å²) in [7, 11) is -1.45. The third-order valence-corrected chi connectivity index (χ3v) is 1.32. The average Bonchev–Trinajstić information content (AvgIpc) is 1.85. The van der Waals surface area contributed by atoms with Crippen molar-refractivity contribution in [1.29, 1.82) is 0 Å². The highest BCUT2D eigenvalue weighted by molar-refractivity contribution is 7.82. The maximum Gasteiger partial charge on any atom is 0.283 e. The molecule has 10 heavy (non-hydrogen) atoms. The zero-order valence-corrected chi connectivity index (χ0v) is 6.25. The largest absolute Gasteiger partial charge is 0.390 e. The van der Waals surface area contributed by atoms with Crippen molar-refractivity contribution in [2.45, 2.75) is 5.92 Å². The summed E-state index contributed by atoms with van der Waals surface area (Å²) in [4.78, 5) is 0. The molecule has 0 aromatic carbocycles. The standard InChI is InChI=1S/C4H9F2NO2S/c1-10(9)7-2-4(5,6)3-8/h7-8H,2-3H2,1H3. The van der Waals surface area contributed by atoms with Crippen molar-refractivity contribution in [2.75, 3.05) is 19.4 Å². The van der Waals surface area contributed by atoms with Gasteiger partial charge in [0.15, 0.2) is 0 Å². The molecule has 0 rings (SSSR count). The molecule has 6 heteroatoms. The molecule has 0 bridgehead atoms. The topological polar surface area (TPSA) is 49.3 Å². The zero-order valence-electron chi connectivity index (χ0n) is 5.43. The summed E-state index contributed by atoms with van der Waals surface area (Å²) < 4.78 is 36.3. The second-order valence-corrected chi connectivity index (χ2v) is 2.99. The van der Waals surface area contributed by atoms with E-state index in [-0.39, 0.29) is 0 Å². The Labute approximate surface area is 60.0 Å². The van der Waals surface area contributed by atoms with Crippen LogP contribution in [0.1, 0.15) is 0 Å². The van der Waals surface area contributed by atoms with Gasteiger partial charge in [-0.2, -0.15) is 0 Å². The van der Waals surface area contributed by atoms with Crippen LogP contribution in [0.25, 0.3) is 0 Å². The monoisotopic (exact) mass is 173 g/mol. The van der Waals surface area contributed by atoms with E-state index in [1.54, 1.807) is 0 Å². The molecule has 0 saturated carbocycles. The van der Waals surface area contributed by atoms with Gasteiger partial charge in [-0.3, -0.25) is 0 Å². The van der Waals surface area contributed by atoms with Crippen LogP contribution in [0.15, 0.2) is 0 Å². The SMILES string of the molecule is CS(=O)NCC(F)(F)CO. The van der Waals surface area contributed by atoms with Crippen molar-refractivity contribution >= 4 is 11.0 Å². The number of aliphatic hydroxyl groups excluding tert-OH is 1. The predicted molar refractivity (Wildman–Crippen MR) is 34.1 cm³/mol. The van der Waals surface area contributed by atoms with Crippen LogP contribution in [-0.4, -0.2) is 34.6 Å². The molecule has 0 spiro atoms. The van der Waals surface area contributed by atoms with Gasteiger partial charge in [-0.15, -0.1) is 0 Å². The molecule has 0 aliphatic carbocycles. The van der Waals surface area contributed by atoms with Crippen molar-refractivity contribution in [3.8, 4) is 0 Å². The van der Waals surface area contributed by atoms with Gasteiger partial charge in [-0.05, 0) is 0 Å². The molecule has 0 aliphatic heterocycles. The van der Waals surface area contributed by atoms with Crippen molar-refractivity contribution in [3.05, 3.63) is 0 Å². The maximum atomic E-state index is 12.1. The van der Waals surface area contributed by atoms with Gasteiger partial charge in [0, 0.05) is 6.26 Å². The smallest absolute Gasteiger partial charge is 0.283 e. The summed E-state index contributed by atoms with van der Waals surface area (Å²) in [6, 6.07) is 0. The van der Waals surface area contributed by atoms with Gasteiger partial charge >= 0.3 is 0 Å². The molecule has 1 unspecified atom stereocenters. The summed E-state index contributed by atoms with van der Waals surface area (Å²) >= 11 is 0. The summed E-state index contributed by atoms with van der Waals surface area (Å²) in [6.07, 6.45) is 1.24. The van der Waals surface area contributed by atoms with Crippen LogP contribution in [0.4, 0.5) is 8.78 Å². The van der Waals surface area contributed by atoms with Gasteiger partial charge < -0.3 is 5.11 Å². The summed E-state index contributed by atoms with van der Waals surface area (Å²) in [5.74, 6) is -3.17. The molecule has 0 heterocycles. The molecule has 3 nitrogen and oxygen atoms in total. The number of aliphatic hydroxyl groups is 1. The Morgan fingerprint density at radius 1 is 1.70 bits per heavy atom. The van der Waals surface area contributed by atoms with Crippen LogP contribution in [0, 0.1) is 0 Å². The first-order valence-electron chi connectivity index (χ1n) is 2.53. The minimum Gasteiger partial charge on any atom is -0.390 e. The molecule has 0 fully saturated rings. The van der Waals surface area contributed by atoms with Crippen molar-refractivity contribution < 1.29 is 18.1 Å². The number of hydrogen-bond acceptors (Lipinski definition) is 2. The minimum atomic E-state index is -3.17. The van der Waals surface area contributed by atoms with E-state index in [1.807, 2.05) is 4.72 Å². The number of hydrogen-bond donors (Lipinski definition) is 2. The maximum absolute atomic E-state index is 12.1. The number of halogens is 2. The Morgan fingerprint density at radius 3 is 2.50 bits per heavy atom. The lowest BCUT2D eigenvalue weighted by atomic mass is 10.4. The van der Waals surface area contributed by atoms with E-state index in [4.69, 9.17) is 5.11 Å². The van der Waals surface area contributed by atoms with E-state index < -0.39 is 30.1 Å². The van der Waals surface area contributed by atoms with Gasteiger partial charge in [0.25, 0.3) is 5.92 Å². The van der Waals surface area contributed by atoms with Crippen molar-refractivity contribution in [1.82, 2.24) is 4.72 Å². The lowest BCUT2D eigenvalue weighted by Gasteiger charge is -2.11. The van der Waals surface area contributed by atoms with E-state index in [1.165, 1.54) is 6.26 Å². The molecular formula is C4H9F2NO2S. The molecule has 0 aromatic rings. The van der Waals surface area contributed by atoms with E-state index in [2.05, 4.69) is 0 Å². The molecule has 2 N–H and O–H groups in total. The number of alkyl halides is 2. The second kappa shape index (κ2) is 3.95. The first-order valence-corrected chi connectivity index (χ1v) is 4.09. The van der Waals surface area contributed by atoms with Gasteiger partial charge in [0.1, 0.15) is 6.61 Å². The molecule has 0 amide bonds. The number of rotatable bonds is 4. The Morgan fingerprint density at radius 2 is 2.20 bits per heavy atom. The highest BCUT2D eigenvalue weighted by Gasteiger charge is 2.27. The molecule has 0 saturated heterocycles. The Bertz CT molecular complexity index is 130. The minimum absolute atomic E-state index is 0.757. The fraction of sp³-hybridized carbons (Fsp3) is 1.00. The summed E-state index contributed by atoms with van der Waals surface area (Å²) in [5, 5.41) is 8.02. The summed E-state index contributed by atoms with van der Waals surface area (Å²) in [5.41, 5.74) is 0. The van der Waals surface area contributed by atoms with Gasteiger partial charge in [0.05, 0.1) is 17.5 Å². The van der Waals surface area contributed by atoms with Gasteiger partial charge in [0.2, 0.25) is 0 Å². The second-order valence-electron chi connectivity index (χ2n) is 1.79.